The molecule has 0 radical (unpaired) electrons. The zero-order valence-electron chi connectivity index (χ0n) is 18.3. The predicted octanol–water partition coefficient (Wildman–Crippen LogP) is 3.19. The van der Waals surface area contributed by atoms with Crippen molar-refractivity contribution in [3.63, 3.8) is 0 Å². The van der Waals surface area contributed by atoms with Crippen molar-refractivity contribution in [1.82, 2.24) is 10.2 Å². The van der Waals surface area contributed by atoms with E-state index in [1.807, 2.05) is 68.4 Å². The van der Waals surface area contributed by atoms with Crippen molar-refractivity contribution in [3.05, 3.63) is 60.2 Å². The summed E-state index contributed by atoms with van der Waals surface area (Å²) in [7, 11) is 2.82. The molecule has 2 aromatic rings. The van der Waals surface area contributed by atoms with Gasteiger partial charge in [0.1, 0.15) is 5.54 Å². The molecule has 3 unspecified atom stereocenters. The summed E-state index contributed by atoms with van der Waals surface area (Å²) in [6.45, 7) is 3.99. The molecule has 0 saturated carbocycles. The smallest absolute Gasteiger partial charge is 0.326 e. The Balaban J connectivity index is 1.77. The van der Waals surface area contributed by atoms with E-state index in [1.165, 1.54) is 19.1 Å². The number of rotatable bonds is 5. The lowest BCUT2D eigenvalue weighted by Gasteiger charge is -2.33. The largest absolute Gasteiger partial charge is 0.468 e. The number of hydrogen-bond donors (Lipinski definition) is 1. The molecule has 4 atom stereocenters. The number of ether oxygens (including phenoxy) is 1. The highest BCUT2D eigenvalue weighted by molar-refractivity contribution is 6.09. The third kappa shape index (κ3) is 3.35. The minimum atomic E-state index is -1.23. The van der Waals surface area contributed by atoms with Gasteiger partial charge >= 0.3 is 5.97 Å². The lowest BCUT2D eigenvalue weighted by molar-refractivity contribution is -0.154. The molecule has 31 heavy (non-hydrogen) atoms. The average molecular weight is 421 g/mol. The molecule has 0 aliphatic carbocycles. The summed E-state index contributed by atoms with van der Waals surface area (Å²) in [4.78, 5) is 40.3. The molecule has 4 rings (SSSR count). The SMILES string of the molecule is COC(=O)[C@]1(CC(C)C)NC(c2ccc(-c3ccccc3)cc2)C2C(=O)N(C)C(=O)C21. The van der Waals surface area contributed by atoms with Crippen LogP contribution in [0.2, 0.25) is 0 Å². The minimum Gasteiger partial charge on any atom is -0.468 e. The average Bonchev–Trinajstić information content (AvgIpc) is 3.23. The molecule has 2 heterocycles. The molecule has 0 bridgehead atoms. The summed E-state index contributed by atoms with van der Waals surface area (Å²) in [5.41, 5.74) is 1.81. The Morgan fingerprint density at radius 2 is 1.65 bits per heavy atom. The van der Waals surface area contributed by atoms with Crippen molar-refractivity contribution in [2.45, 2.75) is 31.8 Å². The van der Waals surface area contributed by atoms with Gasteiger partial charge in [0.25, 0.3) is 0 Å². The van der Waals surface area contributed by atoms with Gasteiger partial charge in [0.15, 0.2) is 0 Å². The Hall–Kier alpha value is -2.99. The summed E-state index contributed by atoms with van der Waals surface area (Å²) < 4.78 is 5.14. The van der Waals surface area contributed by atoms with Crippen molar-refractivity contribution in [2.24, 2.45) is 17.8 Å². The lowest BCUT2D eigenvalue weighted by atomic mass is 9.75. The van der Waals surface area contributed by atoms with Gasteiger partial charge in [-0.05, 0) is 29.0 Å². The number of likely N-dealkylation sites (tertiary alicyclic amines) is 1. The second kappa shape index (κ2) is 7.93. The number of carbonyl (C=O) groups excluding carboxylic acids is 3. The highest BCUT2D eigenvalue weighted by atomic mass is 16.5. The highest BCUT2D eigenvalue weighted by Gasteiger charge is 2.68. The number of carbonyl (C=O) groups is 3. The number of fused-ring (bicyclic) bond motifs is 1. The molecule has 162 valence electrons. The molecule has 0 aromatic heterocycles. The van der Waals surface area contributed by atoms with Crippen molar-refractivity contribution >= 4 is 17.8 Å². The first-order chi connectivity index (χ1) is 14.8. The molecule has 6 heteroatoms. The van der Waals surface area contributed by atoms with Crippen LogP contribution in [0.25, 0.3) is 11.1 Å². The zero-order valence-corrected chi connectivity index (χ0v) is 18.3. The fourth-order valence-electron chi connectivity index (χ4n) is 5.23. The third-order valence-corrected chi connectivity index (χ3v) is 6.53. The maximum absolute atomic E-state index is 13.1. The van der Waals surface area contributed by atoms with Crippen LogP contribution < -0.4 is 5.32 Å². The molecule has 1 N–H and O–H groups in total. The molecule has 0 spiro atoms. The van der Waals surface area contributed by atoms with E-state index in [9.17, 15) is 14.4 Å². The molecular weight excluding hydrogens is 392 g/mol. The van der Waals surface area contributed by atoms with E-state index in [0.29, 0.717) is 6.42 Å². The van der Waals surface area contributed by atoms with Crippen molar-refractivity contribution < 1.29 is 19.1 Å². The first kappa shape index (κ1) is 21.2. The molecule has 2 fully saturated rings. The fourth-order valence-corrected chi connectivity index (χ4v) is 5.23. The summed E-state index contributed by atoms with van der Waals surface area (Å²) in [6, 6.07) is 17.5. The van der Waals surface area contributed by atoms with Crippen LogP contribution in [0.1, 0.15) is 31.9 Å². The van der Waals surface area contributed by atoms with Crippen LogP contribution in [0.15, 0.2) is 54.6 Å². The van der Waals surface area contributed by atoms with Crippen molar-refractivity contribution in [2.75, 3.05) is 14.2 Å². The van der Waals surface area contributed by atoms with Crippen LogP contribution in [0.5, 0.6) is 0 Å². The zero-order chi connectivity index (χ0) is 22.3. The van der Waals surface area contributed by atoms with E-state index in [0.717, 1.165) is 16.7 Å². The molecular formula is C25H28N2O4. The first-order valence-corrected chi connectivity index (χ1v) is 10.6. The Morgan fingerprint density at radius 1 is 1.03 bits per heavy atom. The lowest BCUT2D eigenvalue weighted by Crippen LogP contribution is -2.56. The van der Waals surface area contributed by atoms with Gasteiger partial charge in [-0.25, -0.2) is 0 Å². The van der Waals surface area contributed by atoms with E-state index < -0.39 is 29.4 Å². The van der Waals surface area contributed by atoms with Crippen LogP contribution in [0, 0.1) is 17.8 Å². The third-order valence-electron chi connectivity index (χ3n) is 6.53. The summed E-state index contributed by atoms with van der Waals surface area (Å²) in [5, 5.41) is 3.40. The number of esters is 1. The maximum atomic E-state index is 13.1. The van der Waals surface area contributed by atoms with Gasteiger partial charge < -0.3 is 4.74 Å². The van der Waals surface area contributed by atoms with Crippen molar-refractivity contribution in [3.8, 4) is 11.1 Å². The molecule has 2 aliphatic heterocycles. The quantitative estimate of drug-likeness (QED) is 0.594. The van der Waals surface area contributed by atoms with Gasteiger partial charge in [0.05, 0.1) is 18.9 Å². The molecule has 2 aliphatic rings. The number of nitrogens with one attached hydrogen (secondary N) is 1. The Kier molecular flexibility index (Phi) is 5.43. The van der Waals surface area contributed by atoms with Gasteiger partial charge in [0, 0.05) is 13.1 Å². The normalized spacial score (nSPS) is 27.6. The van der Waals surface area contributed by atoms with Crippen molar-refractivity contribution in [1.29, 1.82) is 0 Å². The second-order valence-electron chi connectivity index (χ2n) is 8.91. The summed E-state index contributed by atoms with van der Waals surface area (Å²) in [6.07, 6.45) is 0.409. The van der Waals surface area contributed by atoms with Crippen LogP contribution in [-0.4, -0.2) is 42.4 Å². The Labute approximate surface area is 182 Å². The Morgan fingerprint density at radius 3 is 2.23 bits per heavy atom. The fraction of sp³-hybridized carbons (Fsp3) is 0.400. The summed E-state index contributed by atoms with van der Waals surface area (Å²) in [5.74, 6) is -2.36. The number of amides is 2. The first-order valence-electron chi connectivity index (χ1n) is 10.6. The van der Waals surface area contributed by atoms with Gasteiger partial charge in [-0.3, -0.25) is 24.6 Å². The summed E-state index contributed by atoms with van der Waals surface area (Å²) >= 11 is 0. The van der Waals surface area contributed by atoms with E-state index in [1.54, 1.807) is 0 Å². The Bertz CT molecular complexity index is 1000. The predicted molar refractivity (Wildman–Crippen MR) is 117 cm³/mol. The number of hydrogen-bond acceptors (Lipinski definition) is 5. The second-order valence-corrected chi connectivity index (χ2v) is 8.91. The van der Waals surface area contributed by atoms with Crippen LogP contribution in [0.4, 0.5) is 0 Å². The number of imide groups is 1. The van der Waals surface area contributed by atoms with Gasteiger partial charge in [-0.1, -0.05) is 68.4 Å². The van der Waals surface area contributed by atoms with E-state index in [4.69, 9.17) is 4.74 Å². The standard InChI is InChI=1S/C25H28N2O4/c1-15(2)14-25(24(30)31-4)20-19(22(28)27(3)23(20)29)21(26-25)18-12-10-17(11-13-18)16-8-6-5-7-9-16/h5-13,15,19-21,26H,14H2,1-4H3/t19?,20?,21?,25-/m1/s1. The molecule has 2 saturated heterocycles. The monoisotopic (exact) mass is 420 g/mol. The number of nitrogens with zero attached hydrogens (tertiary/aromatic N) is 1. The van der Waals surface area contributed by atoms with E-state index in [2.05, 4.69) is 5.32 Å². The highest BCUT2D eigenvalue weighted by Crippen LogP contribution is 2.51. The minimum absolute atomic E-state index is 0.125. The van der Waals surface area contributed by atoms with Gasteiger partial charge in [-0.15, -0.1) is 0 Å². The number of benzene rings is 2. The van der Waals surface area contributed by atoms with Crippen LogP contribution >= 0.6 is 0 Å². The van der Waals surface area contributed by atoms with E-state index >= 15 is 0 Å². The van der Waals surface area contributed by atoms with Crippen LogP contribution in [0.3, 0.4) is 0 Å². The topological polar surface area (TPSA) is 75.7 Å². The van der Waals surface area contributed by atoms with Gasteiger partial charge in [-0.2, -0.15) is 0 Å². The molecule has 6 nitrogen and oxygen atoms in total. The van der Waals surface area contributed by atoms with E-state index in [-0.39, 0.29) is 17.7 Å². The number of methoxy groups -OCH3 is 1. The maximum Gasteiger partial charge on any atom is 0.326 e. The van der Waals surface area contributed by atoms with Gasteiger partial charge in [0.2, 0.25) is 11.8 Å². The van der Waals surface area contributed by atoms with Crippen LogP contribution in [-0.2, 0) is 19.1 Å². The molecule has 2 amide bonds. The molecule has 2 aromatic carbocycles.